The van der Waals surface area contributed by atoms with Crippen molar-refractivity contribution in [3.8, 4) is 0 Å². The van der Waals surface area contributed by atoms with Crippen molar-refractivity contribution in [3.05, 3.63) is 0 Å². The maximum atomic E-state index is 11.6. The standard InChI is InChI=1S/C21H40N6O/c1-4-22-20(26-16-14-25(15-17-26)19(2)28)23-18-21(8-12-24(3)13-9-21)27-10-6-5-7-11-27/h4-18H2,1-3H3,(H,22,23). The molecule has 160 valence electrons. The maximum absolute atomic E-state index is 11.6. The third kappa shape index (κ3) is 5.17. The van der Waals surface area contributed by atoms with Crippen molar-refractivity contribution >= 4 is 11.9 Å². The lowest BCUT2D eigenvalue weighted by molar-refractivity contribution is -0.130. The number of likely N-dealkylation sites (tertiary alicyclic amines) is 2. The van der Waals surface area contributed by atoms with Crippen LogP contribution in [-0.4, -0.2) is 110 Å². The van der Waals surface area contributed by atoms with Gasteiger partial charge in [-0.15, -0.1) is 0 Å². The number of rotatable bonds is 4. The minimum absolute atomic E-state index is 0.178. The molecule has 7 nitrogen and oxygen atoms in total. The number of nitrogens with one attached hydrogen (secondary N) is 1. The van der Waals surface area contributed by atoms with Crippen LogP contribution in [0.5, 0.6) is 0 Å². The highest BCUT2D eigenvalue weighted by atomic mass is 16.2. The highest BCUT2D eigenvalue weighted by Gasteiger charge is 2.39. The van der Waals surface area contributed by atoms with Gasteiger partial charge in [-0.05, 0) is 65.8 Å². The Morgan fingerprint density at radius 1 is 0.929 bits per heavy atom. The van der Waals surface area contributed by atoms with Crippen LogP contribution in [0.4, 0.5) is 0 Å². The van der Waals surface area contributed by atoms with Gasteiger partial charge in [0.25, 0.3) is 0 Å². The summed E-state index contributed by atoms with van der Waals surface area (Å²) in [4.78, 5) is 26.3. The quantitative estimate of drug-likeness (QED) is 0.573. The third-order valence-electron chi connectivity index (χ3n) is 6.83. The molecule has 0 spiro atoms. The minimum Gasteiger partial charge on any atom is -0.357 e. The van der Waals surface area contributed by atoms with E-state index < -0.39 is 0 Å². The van der Waals surface area contributed by atoms with Crippen molar-refractivity contribution in [2.45, 2.75) is 51.5 Å². The van der Waals surface area contributed by atoms with Gasteiger partial charge in [0.1, 0.15) is 0 Å². The molecule has 3 aliphatic rings. The van der Waals surface area contributed by atoms with Gasteiger partial charge in [-0.2, -0.15) is 0 Å². The van der Waals surface area contributed by atoms with Gasteiger partial charge in [0.2, 0.25) is 5.91 Å². The Balaban J connectivity index is 1.70. The Bertz CT molecular complexity index is 529. The minimum atomic E-state index is 0.178. The summed E-state index contributed by atoms with van der Waals surface area (Å²) in [6, 6.07) is 0. The molecule has 28 heavy (non-hydrogen) atoms. The molecule has 0 aromatic heterocycles. The molecular formula is C21H40N6O. The first-order valence-corrected chi connectivity index (χ1v) is 11.3. The molecule has 0 radical (unpaired) electrons. The lowest BCUT2D eigenvalue weighted by Crippen LogP contribution is -2.59. The molecule has 1 N–H and O–H groups in total. The zero-order chi connectivity index (χ0) is 20.0. The molecule has 3 heterocycles. The monoisotopic (exact) mass is 392 g/mol. The fourth-order valence-electron chi connectivity index (χ4n) is 4.86. The van der Waals surface area contributed by atoms with Gasteiger partial charge < -0.3 is 20.0 Å². The van der Waals surface area contributed by atoms with Crippen molar-refractivity contribution in [2.75, 3.05) is 72.5 Å². The van der Waals surface area contributed by atoms with Crippen molar-refractivity contribution in [1.82, 2.24) is 24.9 Å². The Kier molecular flexibility index (Phi) is 7.57. The number of aliphatic imine (C=N–C) groups is 1. The van der Waals surface area contributed by atoms with E-state index in [9.17, 15) is 4.79 Å². The predicted molar refractivity (Wildman–Crippen MR) is 115 cm³/mol. The van der Waals surface area contributed by atoms with Gasteiger partial charge in [0.05, 0.1) is 6.54 Å². The van der Waals surface area contributed by atoms with Crippen LogP contribution >= 0.6 is 0 Å². The summed E-state index contributed by atoms with van der Waals surface area (Å²) in [5.74, 6) is 1.21. The average Bonchev–Trinajstić information content (AvgIpc) is 2.73. The van der Waals surface area contributed by atoms with Gasteiger partial charge in [0, 0.05) is 45.2 Å². The molecule has 3 fully saturated rings. The Morgan fingerprint density at radius 2 is 1.54 bits per heavy atom. The lowest BCUT2D eigenvalue weighted by atomic mass is 9.84. The van der Waals surface area contributed by atoms with E-state index in [0.717, 1.165) is 45.2 Å². The van der Waals surface area contributed by atoms with Crippen molar-refractivity contribution in [1.29, 1.82) is 0 Å². The largest absolute Gasteiger partial charge is 0.357 e. The van der Waals surface area contributed by atoms with Gasteiger partial charge in [0.15, 0.2) is 5.96 Å². The molecule has 3 rings (SSSR count). The number of guanidine groups is 1. The first kappa shape index (κ1) is 21.4. The highest BCUT2D eigenvalue weighted by molar-refractivity contribution is 5.80. The molecule has 3 saturated heterocycles. The van der Waals surface area contributed by atoms with E-state index in [2.05, 4.69) is 34.0 Å². The summed E-state index contributed by atoms with van der Waals surface area (Å²) >= 11 is 0. The second-order valence-corrected chi connectivity index (χ2v) is 8.74. The number of piperazine rings is 1. The smallest absolute Gasteiger partial charge is 0.219 e. The van der Waals surface area contributed by atoms with E-state index >= 15 is 0 Å². The molecule has 1 amide bonds. The molecule has 0 saturated carbocycles. The van der Waals surface area contributed by atoms with E-state index in [1.165, 1.54) is 58.3 Å². The fraction of sp³-hybridized carbons (Fsp3) is 0.905. The van der Waals surface area contributed by atoms with Crippen molar-refractivity contribution in [2.24, 2.45) is 4.99 Å². The second kappa shape index (κ2) is 9.92. The molecule has 0 aliphatic carbocycles. The number of piperidine rings is 2. The summed E-state index contributed by atoms with van der Waals surface area (Å²) in [5.41, 5.74) is 0.217. The normalized spacial score (nSPS) is 25.0. The molecule has 7 heteroatoms. The number of carbonyl (C=O) groups is 1. The summed E-state index contributed by atoms with van der Waals surface area (Å²) in [7, 11) is 2.24. The average molecular weight is 393 g/mol. The van der Waals surface area contributed by atoms with Crippen LogP contribution < -0.4 is 5.32 Å². The van der Waals surface area contributed by atoms with Gasteiger partial charge in [-0.3, -0.25) is 14.7 Å². The van der Waals surface area contributed by atoms with Crippen LogP contribution in [0.1, 0.15) is 46.0 Å². The number of hydrogen-bond donors (Lipinski definition) is 1. The molecule has 3 aliphatic heterocycles. The van der Waals surface area contributed by atoms with E-state index in [4.69, 9.17) is 4.99 Å². The first-order valence-electron chi connectivity index (χ1n) is 11.3. The van der Waals surface area contributed by atoms with Gasteiger partial charge in [-0.25, -0.2) is 0 Å². The predicted octanol–water partition coefficient (Wildman–Crippen LogP) is 1.07. The lowest BCUT2D eigenvalue weighted by Gasteiger charge is -2.49. The summed E-state index contributed by atoms with van der Waals surface area (Å²) in [5, 5.41) is 3.51. The zero-order valence-corrected chi connectivity index (χ0v) is 18.3. The van der Waals surface area contributed by atoms with Crippen LogP contribution in [-0.2, 0) is 4.79 Å². The SMILES string of the molecule is CCNC(=NCC1(N2CCCCC2)CCN(C)CC1)N1CCN(C(C)=O)CC1. The molecule has 0 aromatic carbocycles. The number of hydrogen-bond acceptors (Lipinski definition) is 4. The molecule has 0 unspecified atom stereocenters. The molecule has 0 bridgehead atoms. The van der Waals surface area contributed by atoms with Gasteiger partial charge in [-0.1, -0.05) is 6.42 Å². The highest BCUT2D eigenvalue weighted by Crippen LogP contribution is 2.31. The van der Waals surface area contributed by atoms with Crippen molar-refractivity contribution in [3.63, 3.8) is 0 Å². The summed E-state index contributed by atoms with van der Waals surface area (Å²) in [6.07, 6.45) is 6.45. The van der Waals surface area contributed by atoms with Crippen LogP contribution in [0.25, 0.3) is 0 Å². The zero-order valence-electron chi connectivity index (χ0n) is 18.3. The molecular weight excluding hydrogens is 352 g/mol. The maximum Gasteiger partial charge on any atom is 0.219 e. The van der Waals surface area contributed by atoms with E-state index in [-0.39, 0.29) is 11.4 Å². The van der Waals surface area contributed by atoms with Crippen molar-refractivity contribution < 1.29 is 4.79 Å². The summed E-state index contributed by atoms with van der Waals surface area (Å²) < 4.78 is 0. The van der Waals surface area contributed by atoms with Gasteiger partial charge >= 0.3 is 0 Å². The molecule has 0 aromatic rings. The van der Waals surface area contributed by atoms with Crippen LogP contribution in [0.2, 0.25) is 0 Å². The summed E-state index contributed by atoms with van der Waals surface area (Å²) in [6.45, 7) is 13.7. The Labute approximate surface area is 171 Å². The number of carbonyl (C=O) groups excluding carboxylic acids is 1. The molecule has 0 atom stereocenters. The Morgan fingerprint density at radius 3 is 2.11 bits per heavy atom. The Hall–Kier alpha value is -1.34. The second-order valence-electron chi connectivity index (χ2n) is 8.74. The third-order valence-corrected chi connectivity index (χ3v) is 6.83. The van der Waals surface area contributed by atoms with Crippen LogP contribution in [0.3, 0.4) is 0 Å². The first-order chi connectivity index (χ1) is 13.5. The topological polar surface area (TPSA) is 54.4 Å². The van der Waals surface area contributed by atoms with E-state index in [0.29, 0.717) is 0 Å². The van der Waals surface area contributed by atoms with Crippen LogP contribution in [0.15, 0.2) is 4.99 Å². The van der Waals surface area contributed by atoms with E-state index in [1.54, 1.807) is 6.92 Å². The number of nitrogens with zero attached hydrogens (tertiary/aromatic N) is 5. The fourth-order valence-corrected chi connectivity index (χ4v) is 4.86. The van der Waals surface area contributed by atoms with Crippen LogP contribution in [0, 0.1) is 0 Å². The van der Waals surface area contributed by atoms with E-state index in [1.807, 2.05) is 4.90 Å². The number of amides is 1.